The van der Waals surface area contributed by atoms with Gasteiger partial charge < -0.3 is 9.74 Å². The minimum atomic E-state index is 0.635. The van der Waals surface area contributed by atoms with E-state index in [1.165, 1.54) is 0 Å². The van der Waals surface area contributed by atoms with Crippen molar-refractivity contribution >= 4 is 21.8 Å². The van der Waals surface area contributed by atoms with Gasteiger partial charge in [-0.25, -0.2) is 0 Å². The highest BCUT2D eigenvalue weighted by Crippen LogP contribution is 2.10. The van der Waals surface area contributed by atoms with Gasteiger partial charge >= 0.3 is 0 Å². The maximum Gasteiger partial charge on any atom is 0.193 e. The predicted octanol–water partition coefficient (Wildman–Crippen LogP) is 1.47. The first kappa shape index (κ1) is 9.45. The summed E-state index contributed by atoms with van der Waals surface area (Å²) in [6, 6.07) is 3.85. The lowest BCUT2D eigenvalue weighted by Crippen LogP contribution is -2.34. The molecule has 0 radical (unpaired) electrons. The molecular formula is C9H10BrN3O. The molecule has 0 unspecified atom stereocenters. The quantitative estimate of drug-likeness (QED) is 0.763. The molecule has 1 aliphatic rings. The van der Waals surface area contributed by atoms with Gasteiger partial charge in [0.25, 0.3) is 0 Å². The molecule has 0 aromatic carbocycles. The summed E-state index contributed by atoms with van der Waals surface area (Å²) in [5, 5.41) is 3.98. The van der Waals surface area contributed by atoms with E-state index in [9.17, 15) is 0 Å². The monoisotopic (exact) mass is 255 g/mol. The van der Waals surface area contributed by atoms with E-state index in [2.05, 4.69) is 26.1 Å². The van der Waals surface area contributed by atoms with Crippen LogP contribution in [-0.2, 0) is 4.84 Å². The van der Waals surface area contributed by atoms with E-state index in [1.54, 1.807) is 6.20 Å². The third kappa shape index (κ3) is 1.87. The van der Waals surface area contributed by atoms with Crippen LogP contribution in [0.5, 0.6) is 0 Å². The third-order valence-corrected chi connectivity index (χ3v) is 2.46. The molecule has 74 valence electrons. The molecule has 1 aromatic rings. The molecule has 0 saturated carbocycles. The van der Waals surface area contributed by atoms with E-state index in [4.69, 9.17) is 4.84 Å². The Labute approximate surface area is 90.7 Å². The lowest BCUT2D eigenvalue weighted by Gasteiger charge is -2.23. The summed E-state index contributed by atoms with van der Waals surface area (Å²) < 4.78 is 0.959. The van der Waals surface area contributed by atoms with Crippen LogP contribution in [0.25, 0.3) is 0 Å². The van der Waals surface area contributed by atoms with Gasteiger partial charge in [-0.05, 0) is 28.1 Å². The zero-order valence-electron chi connectivity index (χ0n) is 7.77. The average Bonchev–Trinajstić information content (AvgIpc) is 2.20. The van der Waals surface area contributed by atoms with E-state index in [1.807, 2.05) is 24.1 Å². The molecule has 2 heterocycles. The fraction of sp³-hybridized carbons (Fsp3) is 0.333. The van der Waals surface area contributed by atoms with Gasteiger partial charge in [-0.3, -0.25) is 4.98 Å². The second-order valence-corrected chi connectivity index (χ2v) is 3.95. The molecule has 0 atom stereocenters. The van der Waals surface area contributed by atoms with E-state index < -0.39 is 0 Å². The van der Waals surface area contributed by atoms with Gasteiger partial charge in [0.2, 0.25) is 0 Å². The molecule has 0 N–H and O–H groups in total. The minimum absolute atomic E-state index is 0.635. The van der Waals surface area contributed by atoms with Crippen molar-refractivity contribution in [2.24, 2.45) is 5.16 Å². The lowest BCUT2D eigenvalue weighted by molar-refractivity contribution is 0.109. The number of pyridine rings is 1. The normalized spacial score (nSPS) is 16.1. The Balaban J connectivity index is 2.29. The summed E-state index contributed by atoms with van der Waals surface area (Å²) in [4.78, 5) is 11.3. The van der Waals surface area contributed by atoms with Crippen molar-refractivity contribution in [3.05, 3.63) is 28.5 Å². The van der Waals surface area contributed by atoms with Gasteiger partial charge in [-0.15, -0.1) is 0 Å². The number of hydrogen-bond donors (Lipinski definition) is 0. The largest absolute Gasteiger partial charge is 0.392 e. The second-order valence-electron chi connectivity index (χ2n) is 3.03. The molecule has 2 rings (SSSR count). The van der Waals surface area contributed by atoms with Crippen molar-refractivity contribution < 1.29 is 4.84 Å². The second kappa shape index (κ2) is 3.96. The van der Waals surface area contributed by atoms with Gasteiger partial charge in [0, 0.05) is 17.7 Å². The first-order valence-electron chi connectivity index (χ1n) is 4.30. The first-order valence-corrected chi connectivity index (χ1v) is 5.10. The van der Waals surface area contributed by atoms with Crippen molar-refractivity contribution in [2.75, 3.05) is 20.2 Å². The minimum Gasteiger partial charge on any atom is -0.392 e. The Hall–Kier alpha value is -1.10. The number of halogens is 1. The Morgan fingerprint density at radius 2 is 2.36 bits per heavy atom. The predicted molar refractivity (Wildman–Crippen MR) is 57.1 cm³/mol. The standard InChI is InChI=1S/C9H10BrN3O/c1-13-4-5-14-12-9(13)8-3-2-7(10)6-11-8/h2-3,6H,4-5H2,1H3. The summed E-state index contributed by atoms with van der Waals surface area (Å²) in [5.74, 6) is 0.781. The summed E-state index contributed by atoms with van der Waals surface area (Å²) in [6.07, 6.45) is 1.75. The summed E-state index contributed by atoms with van der Waals surface area (Å²) in [6.45, 7) is 1.48. The number of oxime groups is 1. The number of hydrogen-bond acceptors (Lipinski definition) is 4. The van der Waals surface area contributed by atoms with Crippen LogP contribution >= 0.6 is 15.9 Å². The molecule has 0 bridgehead atoms. The number of likely N-dealkylation sites (N-methyl/N-ethyl adjacent to an activating group) is 1. The van der Waals surface area contributed by atoms with E-state index in [0.29, 0.717) is 6.61 Å². The topological polar surface area (TPSA) is 37.7 Å². The molecular weight excluding hydrogens is 246 g/mol. The number of amidine groups is 1. The summed E-state index contributed by atoms with van der Waals surface area (Å²) in [5.41, 5.74) is 0.829. The number of aromatic nitrogens is 1. The fourth-order valence-electron chi connectivity index (χ4n) is 1.21. The zero-order chi connectivity index (χ0) is 9.97. The molecule has 1 aliphatic heterocycles. The van der Waals surface area contributed by atoms with Crippen molar-refractivity contribution in [1.82, 2.24) is 9.88 Å². The van der Waals surface area contributed by atoms with Crippen molar-refractivity contribution in [1.29, 1.82) is 0 Å². The highest BCUT2D eigenvalue weighted by molar-refractivity contribution is 9.10. The first-order chi connectivity index (χ1) is 6.77. The highest BCUT2D eigenvalue weighted by Gasteiger charge is 2.15. The van der Waals surface area contributed by atoms with Crippen LogP contribution in [0.4, 0.5) is 0 Å². The Morgan fingerprint density at radius 3 is 3.00 bits per heavy atom. The van der Waals surface area contributed by atoms with Crippen LogP contribution in [0.1, 0.15) is 5.69 Å². The maximum absolute atomic E-state index is 5.03. The van der Waals surface area contributed by atoms with E-state index in [0.717, 1.165) is 22.5 Å². The van der Waals surface area contributed by atoms with Gasteiger partial charge in [-0.1, -0.05) is 5.16 Å². The summed E-state index contributed by atoms with van der Waals surface area (Å²) in [7, 11) is 1.98. The summed E-state index contributed by atoms with van der Waals surface area (Å²) >= 11 is 3.34. The van der Waals surface area contributed by atoms with Crippen LogP contribution in [0.3, 0.4) is 0 Å². The molecule has 0 fully saturated rings. The van der Waals surface area contributed by atoms with Gasteiger partial charge in [0.15, 0.2) is 5.84 Å². The van der Waals surface area contributed by atoms with E-state index >= 15 is 0 Å². The van der Waals surface area contributed by atoms with Gasteiger partial charge in [0.1, 0.15) is 12.3 Å². The molecule has 14 heavy (non-hydrogen) atoms. The molecule has 0 saturated heterocycles. The van der Waals surface area contributed by atoms with Gasteiger partial charge in [0.05, 0.1) is 6.54 Å². The Bertz CT molecular complexity index is 350. The molecule has 0 spiro atoms. The average molecular weight is 256 g/mol. The highest BCUT2D eigenvalue weighted by atomic mass is 79.9. The Kier molecular flexibility index (Phi) is 2.67. The SMILES string of the molecule is CN1CCON=C1c1ccc(Br)cn1. The third-order valence-electron chi connectivity index (χ3n) is 1.99. The molecule has 0 amide bonds. The lowest BCUT2D eigenvalue weighted by atomic mass is 10.3. The van der Waals surface area contributed by atoms with Crippen LogP contribution < -0.4 is 0 Å². The Morgan fingerprint density at radius 1 is 1.50 bits per heavy atom. The van der Waals surface area contributed by atoms with E-state index in [-0.39, 0.29) is 0 Å². The van der Waals surface area contributed by atoms with Crippen molar-refractivity contribution in [3.8, 4) is 0 Å². The maximum atomic E-state index is 5.03. The van der Waals surface area contributed by atoms with Crippen LogP contribution in [-0.4, -0.2) is 35.9 Å². The number of nitrogens with zero attached hydrogens (tertiary/aromatic N) is 3. The van der Waals surface area contributed by atoms with Crippen LogP contribution in [0.2, 0.25) is 0 Å². The molecule has 4 nitrogen and oxygen atoms in total. The van der Waals surface area contributed by atoms with Crippen LogP contribution in [0, 0.1) is 0 Å². The van der Waals surface area contributed by atoms with Crippen molar-refractivity contribution in [3.63, 3.8) is 0 Å². The number of rotatable bonds is 1. The van der Waals surface area contributed by atoms with Gasteiger partial charge in [-0.2, -0.15) is 0 Å². The molecule has 0 aliphatic carbocycles. The fourth-order valence-corrected chi connectivity index (χ4v) is 1.45. The zero-order valence-corrected chi connectivity index (χ0v) is 9.36. The molecule has 1 aromatic heterocycles. The van der Waals surface area contributed by atoms with Crippen LogP contribution in [0.15, 0.2) is 28.0 Å². The van der Waals surface area contributed by atoms with Crippen molar-refractivity contribution in [2.45, 2.75) is 0 Å². The molecule has 5 heteroatoms. The smallest absolute Gasteiger partial charge is 0.193 e.